The van der Waals surface area contributed by atoms with Gasteiger partial charge in [-0.1, -0.05) is 6.42 Å². The van der Waals surface area contributed by atoms with E-state index in [1.54, 1.807) is 0 Å². The number of thiophene rings is 1. The van der Waals surface area contributed by atoms with Crippen LogP contribution in [-0.2, 0) is 22.4 Å². The summed E-state index contributed by atoms with van der Waals surface area (Å²) in [7, 11) is 0. The number of anilines is 1. The SMILES string of the molecule is N#Cc1c(NC(=O)COC(=O)c2cnccn2)sc2c1CCCCC2. The van der Waals surface area contributed by atoms with Gasteiger partial charge in [-0.2, -0.15) is 5.26 Å². The van der Waals surface area contributed by atoms with Gasteiger partial charge in [0.15, 0.2) is 12.3 Å². The Bertz CT molecular complexity index is 826. The fourth-order valence-corrected chi connectivity index (χ4v) is 3.98. The lowest BCUT2D eigenvalue weighted by atomic mass is 10.1. The zero-order chi connectivity index (χ0) is 17.6. The van der Waals surface area contributed by atoms with Gasteiger partial charge in [0.05, 0.1) is 11.8 Å². The number of carbonyl (C=O) groups excluding carboxylic acids is 2. The van der Waals surface area contributed by atoms with Crippen LogP contribution in [0.5, 0.6) is 0 Å². The quantitative estimate of drug-likeness (QED) is 0.666. The van der Waals surface area contributed by atoms with Crippen LogP contribution in [0.1, 0.15) is 45.8 Å². The molecule has 7 nitrogen and oxygen atoms in total. The summed E-state index contributed by atoms with van der Waals surface area (Å²) in [6, 6.07) is 2.20. The maximum atomic E-state index is 12.1. The molecule has 0 fully saturated rings. The van der Waals surface area contributed by atoms with E-state index in [-0.39, 0.29) is 5.69 Å². The largest absolute Gasteiger partial charge is 0.451 e. The molecule has 0 aromatic carbocycles. The van der Waals surface area contributed by atoms with Crippen LogP contribution in [0.25, 0.3) is 0 Å². The molecule has 0 bridgehead atoms. The number of esters is 1. The summed E-state index contributed by atoms with van der Waals surface area (Å²) in [4.78, 5) is 32.6. The minimum absolute atomic E-state index is 0.0378. The summed E-state index contributed by atoms with van der Waals surface area (Å²) in [5, 5.41) is 12.7. The van der Waals surface area contributed by atoms with E-state index in [9.17, 15) is 14.9 Å². The molecular formula is C17H16N4O3S. The van der Waals surface area contributed by atoms with Crippen molar-refractivity contribution in [3.05, 3.63) is 40.3 Å². The minimum Gasteiger partial charge on any atom is -0.451 e. The minimum atomic E-state index is -0.717. The number of ether oxygens (including phenoxy) is 1. The Labute approximate surface area is 148 Å². The molecule has 0 saturated heterocycles. The first-order valence-corrected chi connectivity index (χ1v) is 8.78. The molecule has 2 heterocycles. The number of aromatic nitrogens is 2. The Balaban J connectivity index is 1.63. The monoisotopic (exact) mass is 356 g/mol. The number of carbonyl (C=O) groups is 2. The van der Waals surface area contributed by atoms with E-state index in [1.807, 2.05) is 0 Å². The summed E-state index contributed by atoms with van der Waals surface area (Å²) in [5.74, 6) is -1.20. The highest BCUT2D eigenvalue weighted by molar-refractivity contribution is 7.16. The molecule has 0 aliphatic heterocycles. The predicted molar refractivity (Wildman–Crippen MR) is 91.2 cm³/mol. The summed E-state index contributed by atoms with van der Waals surface area (Å²) in [6.07, 6.45) is 9.19. The number of nitrogens with one attached hydrogen (secondary N) is 1. The molecule has 0 radical (unpaired) electrons. The van der Waals surface area contributed by atoms with E-state index in [0.717, 1.165) is 37.7 Å². The third-order valence-corrected chi connectivity index (χ3v) is 5.10. The van der Waals surface area contributed by atoms with Gasteiger partial charge < -0.3 is 10.1 Å². The number of nitrogens with zero attached hydrogens (tertiary/aromatic N) is 3. The maximum absolute atomic E-state index is 12.1. The average molecular weight is 356 g/mol. The van der Waals surface area contributed by atoms with Crippen molar-refractivity contribution >= 4 is 28.2 Å². The van der Waals surface area contributed by atoms with Crippen molar-refractivity contribution in [1.29, 1.82) is 5.26 Å². The normalized spacial score (nSPS) is 13.2. The van der Waals surface area contributed by atoms with Crippen molar-refractivity contribution in [2.45, 2.75) is 32.1 Å². The molecule has 2 aromatic heterocycles. The van der Waals surface area contributed by atoms with Gasteiger partial charge >= 0.3 is 5.97 Å². The number of nitriles is 1. The number of rotatable bonds is 4. The van der Waals surface area contributed by atoms with E-state index < -0.39 is 18.5 Å². The van der Waals surface area contributed by atoms with Crippen molar-refractivity contribution in [3.8, 4) is 6.07 Å². The molecule has 0 spiro atoms. The molecule has 1 aliphatic rings. The molecule has 0 atom stereocenters. The molecule has 0 saturated carbocycles. The van der Waals surface area contributed by atoms with Crippen LogP contribution in [0.3, 0.4) is 0 Å². The topological polar surface area (TPSA) is 105 Å². The van der Waals surface area contributed by atoms with Gasteiger partial charge in [-0.3, -0.25) is 9.78 Å². The number of fused-ring (bicyclic) bond motifs is 1. The van der Waals surface area contributed by atoms with Crippen molar-refractivity contribution in [2.75, 3.05) is 11.9 Å². The zero-order valence-electron chi connectivity index (χ0n) is 13.4. The van der Waals surface area contributed by atoms with Crippen LogP contribution >= 0.6 is 11.3 Å². The van der Waals surface area contributed by atoms with E-state index in [1.165, 1.54) is 34.8 Å². The van der Waals surface area contributed by atoms with Gasteiger partial charge in [-0.15, -0.1) is 11.3 Å². The van der Waals surface area contributed by atoms with Crippen LogP contribution in [-0.4, -0.2) is 28.5 Å². The lowest BCUT2D eigenvalue weighted by Gasteiger charge is -2.05. The van der Waals surface area contributed by atoms with Crippen LogP contribution in [0.2, 0.25) is 0 Å². The molecule has 25 heavy (non-hydrogen) atoms. The van der Waals surface area contributed by atoms with Crippen molar-refractivity contribution in [2.24, 2.45) is 0 Å². The number of hydrogen-bond acceptors (Lipinski definition) is 7. The highest BCUT2D eigenvalue weighted by Crippen LogP contribution is 2.36. The zero-order valence-corrected chi connectivity index (χ0v) is 14.3. The van der Waals surface area contributed by atoms with Crippen molar-refractivity contribution < 1.29 is 14.3 Å². The Hall–Kier alpha value is -2.79. The maximum Gasteiger partial charge on any atom is 0.359 e. The second-order valence-electron chi connectivity index (χ2n) is 5.60. The van der Waals surface area contributed by atoms with E-state index >= 15 is 0 Å². The molecular weight excluding hydrogens is 340 g/mol. The molecule has 1 N–H and O–H groups in total. The number of hydrogen-bond donors (Lipinski definition) is 1. The second kappa shape index (κ2) is 7.85. The highest BCUT2D eigenvalue weighted by atomic mass is 32.1. The van der Waals surface area contributed by atoms with Gasteiger partial charge in [0, 0.05) is 17.3 Å². The van der Waals surface area contributed by atoms with Crippen molar-refractivity contribution in [1.82, 2.24) is 9.97 Å². The van der Waals surface area contributed by atoms with E-state index in [2.05, 4.69) is 21.4 Å². The summed E-state index contributed by atoms with van der Waals surface area (Å²) >= 11 is 1.44. The van der Waals surface area contributed by atoms with Gasteiger partial charge in [-0.05, 0) is 31.2 Å². The first-order chi connectivity index (χ1) is 12.2. The van der Waals surface area contributed by atoms with Gasteiger partial charge in [0.2, 0.25) is 0 Å². The molecule has 2 aromatic rings. The van der Waals surface area contributed by atoms with Crippen LogP contribution in [0.15, 0.2) is 18.6 Å². The van der Waals surface area contributed by atoms with Gasteiger partial charge in [0.25, 0.3) is 5.91 Å². The Morgan fingerprint density at radius 1 is 1.28 bits per heavy atom. The van der Waals surface area contributed by atoms with Gasteiger partial charge in [0.1, 0.15) is 11.1 Å². The lowest BCUT2D eigenvalue weighted by molar-refractivity contribution is -0.119. The van der Waals surface area contributed by atoms with Crippen LogP contribution in [0, 0.1) is 11.3 Å². The average Bonchev–Trinajstić information content (AvgIpc) is 2.79. The highest BCUT2D eigenvalue weighted by Gasteiger charge is 2.21. The lowest BCUT2D eigenvalue weighted by Crippen LogP contribution is -2.21. The summed E-state index contributed by atoms with van der Waals surface area (Å²) in [6.45, 7) is -0.442. The molecule has 1 aliphatic carbocycles. The Morgan fingerprint density at radius 2 is 2.12 bits per heavy atom. The standard InChI is InChI=1S/C17H16N4O3S/c18-8-12-11-4-2-1-3-5-14(11)25-16(12)21-15(22)10-24-17(23)13-9-19-6-7-20-13/h6-7,9H,1-5,10H2,(H,21,22). The number of aryl methyl sites for hydroxylation is 1. The summed E-state index contributed by atoms with van der Waals surface area (Å²) < 4.78 is 4.93. The smallest absolute Gasteiger partial charge is 0.359 e. The summed E-state index contributed by atoms with van der Waals surface area (Å²) in [5.41, 5.74) is 1.63. The molecule has 1 amide bonds. The van der Waals surface area contributed by atoms with Crippen LogP contribution in [0.4, 0.5) is 5.00 Å². The third kappa shape index (κ3) is 4.00. The Morgan fingerprint density at radius 3 is 2.88 bits per heavy atom. The second-order valence-corrected chi connectivity index (χ2v) is 6.70. The van der Waals surface area contributed by atoms with E-state index in [4.69, 9.17) is 4.74 Å². The predicted octanol–water partition coefficient (Wildman–Crippen LogP) is 2.47. The third-order valence-electron chi connectivity index (χ3n) is 3.89. The van der Waals surface area contributed by atoms with Crippen LogP contribution < -0.4 is 5.32 Å². The first kappa shape index (κ1) is 17.0. The van der Waals surface area contributed by atoms with E-state index in [0.29, 0.717) is 10.6 Å². The fraction of sp³-hybridized carbons (Fsp3) is 0.353. The van der Waals surface area contributed by atoms with Crippen molar-refractivity contribution in [3.63, 3.8) is 0 Å². The first-order valence-electron chi connectivity index (χ1n) is 7.96. The van der Waals surface area contributed by atoms with Gasteiger partial charge in [-0.25, -0.2) is 9.78 Å². The molecule has 0 unspecified atom stereocenters. The molecule has 8 heteroatoms. The molecule has 3 rings (SSSR count). The number of amides is 1. The molecule has 128 valence electrons. The fourth-order valence-electron chi connectivity index (χ4n) is 2.72. The Kier molecular flexibility index (Phi) is 5.36.